The van der Waals surface area contributed by atoms with Crippen molar-refractivity contribution in [2.75, 3.05) is 6.54 Å². The van der Waals surface area contributed by atoms with Gasteiger partial charge in [-0.3, -0.25) is 9.69 Å². The Morgan fingerprint density at radius 2 is 1.39 bits per heavy atom. The predicted octanol–water partition coefficient (Wildman–Crippen LogP) is 6.40. The van der Waals surface area contributed by atoms with Gasteiger partial charge in [0.25, 0.3) is 0 Å². The van der Waals surface area contributed by atoms with Gasteiger partial charge in [-0.2, -0.15) is 0 Å². The van der Waals surface area contributed by atoms with E-state index in [0.717, 1.165) is 33.6 Å². The highest BCUT2D eigenvalue weighted by atomic mass is 19.1. The summed E-state index contributed by atoms with van der Waals surface area (Å²) >= 11 is 0. The van der Waals surface area contributed by atoms with E-state index < -0.39 is 12.0 Å². The van der Waals surface area contributed by atoms with Crippen LogP contribution < -0.4 is 15.2 Å². The number of aliphatic carboxylic acids is 1. The molecule has 0 heterocycles. The molecule has 0 aliphatic rings. The molecule has 6 nitrogen and oxygen atoms in total. The van der Waals surface area contributed by atoms with Gasteiger partial charge >= 0.3 is 5.97 Å². The number of benzene rings is 4. The number of aryl methyl sites for hydroxylation is 2. The summed E-state index contributed by atoms with van der Waals surface area (Å²) in [6, 6.07) is 27.5. The first kappa shape index (κ1) is 29.8. The standard InChI is InChI=1S/C34H37FN2O4/c1-24-7-5-9-26(17-24)22-40-32-12-4-3-11-28(32)20-37(16-15-31(36)34(38)39)21-29-13-14-30(35)19-33(29)41-23-27-10-6-8-25(2)18-27/h3-14,17-19,31H,15-16,20-23,36H2,1-2H3,(H,38,39)/t31-/m0/s1. The summed E-state index contributed by atoms with van der Waals surface area (Å²) in [5, 5.41) is 9.36. The smallest absolute Gasteiger partial charge is 0.320 e. The molecule has 0 aliphatic carbocycles. The summed E-state index contributed by atoms with van der Waals surface area (Å²) in [6.45, 7) is 6.08. The Balaban J connectivity index is 1.54. The summed E-state index contributed by atoms with van der Waals surface area (Å²) in [5.74, 6) is -0.238. The molecule has 3 N–H and O–H groups in total. The van der Waals surface area contributed by atoms with Crippen molar-refractivity contribution < 1.29 is 23.8 Å². The maximum atomic E-state index is 14.3. The zero-order valence-electron chi connectivity index (χ0n) is 23.6. The second kappa shape index (κ2) is 14.4. The minimum atomic E-state index is -1.05. The molecule has 4 rings (SSSR count). The van der Waals surface area contributed by atoms with E-state index in [2.05, 4.69) is 11.0 Å². The molecule has 41 heavy (non-hydrogen) atoms. The third-order valence-corrected chi connectivity index (χ3v) is 6.82. The highest BCUT2D eigenvalue weighted by Gasteiger charge is 2.18. The van der Waals surface area contributed by atoms with Crippen LogP contribution >= 0.6 is 0 Å². The molecule has 0 aliphatic heterocycles. The lowest BCUT2D eigenvalue weighted by Gasteiger charge is -2.25. The molecule has 0 bridgehead atoms. The van der Waals surface area contributed by atoms with Gasteiger partial charge in [0.15, 0.2) is 0 Å². The number of hydrogen-bond acceptors (Lipinski definition) is 5. The fourth-order valence-electron chi connectivity index (χ4n) is 4.64. The van der Waals surface area contributed by atoms with E-state index in [0.29, 0.717) is 38.6 Å². The highest BCUT2D eigenvalue weighted by Crippen LogP contribution is 2.27. The number of nitrogens with two attached hydrogens (primary N) is 1. The van der Waals surface area contributed by atoms with Crippen LogP contribution in [-0.2, 0) is 31.1 Å². The van der Waals surface area contributed by atoms with Crippen molar-refractivity contribution in [3.63, 3.8) is 0 Å². The van der Waals surface area contributed by atoms with E-state index in [1.165, 1.54) is 17.7 Å². The summed E-state index contributed by atoms with van der Waals surface area (Å²) in [5.41, 5.74) is 12.0. The topological polar surface area (TPSA) is 85.0 Å². The number of carbonyl (C=O) groups is 1. The number of rotatable bonds is 14. The van der Waals surface area contributed by atoms with Crippen molar-refractivity contribution in [2.24, 2.45) is 5.73 Å². The van der Waals surface area contributed by atoms with Crippen LogP contribution in [0.2, 0.25) is 0 Å². The first-order valence-corrected chi connectivity index (χ1v) is 13.7. The summed E-state index contributed by atoms with van der Waals surface area (Å²) in [6.07, 6.45) is 0.252. The van der Waals surface area contributed by atoms with E-state index in [4.69, 9.17) is 15.2 Å². The molecule has 0 spiro atoms. The van der Waals surface area contributed by atoms with Gasteiger partial charge in [-0.25, -0.2) is 4.39 Å². The minimum absolute atomic E-state index is 0.252. The van der Waals surface area contributed by atoms with Crippen LogP contribution in [0.15, 0.2) is 91.0 Å². The zero-order chi connectivity index (χ0) is 29.2. The van der Waals surface area contributed by atoms with Crippen molar-refractivity contribution in [1.29, 1.82) is 0 Å². The average molecular weight is 557 g/mol. The molecule has 0 amide bonds. The van der Waals surface area contributed by atoms with Crippen LogP contribution in [0.25, 0.3) is 0 Å². The molecule has 0 radical (unpaired) electrons. The monoisotopic (exact) mass is 556 g/mol. The number of para-hydroxylation sites is 1. The van der Waals surface area contributed by atoms with E-state index >= 15 is 0 Å². The van der Waals surface area contributed by atoms with Gasteiger partial charge in [0.1, 0.15) is 36.6 Å². The van der Waals surface area contributed by atoms with Gasteiger partial charge in [-0.1, -0.05) is 83.9 Å². The van der Waals surface area contributed by atoms with Crippen molar-refractivity contribution in [2.45, 2.75) is 52.6 Å². The third-order valence-electron chi connectivity index (χ3n) is 6.82. The molecular formula is C34H37FN2O4. The summed E-state index contributed by atoms with van der Waals surface area (Å²) in [4.78, 5) is 13.5. The van der Waals surface area contributed by atoms with Crippen molar-refractivity contribution in [1.82, 2.24) is 4.90 Å². The Kier molecular flexibility index (Phi) is 10.5. The fraction of sp³-hybridized carbons (Fsp3) is 0.265. The number of hydrogen-bond donors (Lipinski definition) is 2. The Labute approximate surface area is 241 Å². The molecule has 0 saturated heterocycles. The normalized spacial score (nSPS) is 11.8. The molecule has 0 fully saturated rings. The summed E-state index contributed by atoms with van der Waals surface area (Å²) < 4.78 is 26.6. The molecule has 214 valence electrons. The highest BCUT2D eigenvalue weighted by molar-refractivity contribution is 5.73. The first-order chi connectivity index (χ1) is 19.8. The number of ether oxygens (including phenoxy) is 2. The van der Waals surface area contributed by atoms with Gasteiger partial charge in [-0.05, 0) is 43.5 Å². The average Bonchev–Trinajstić information content (AvgIpc) is 2.95. The van der Waals surface area contributed by atoms with Gasteiger partial charge in [0.2, 0.25) is 0 Å². The van der Waals surface area contributed by atoms with E-state index in [1.54, 1.807) is 6.07 Å². The van der Waals surface area contributed by atoms with Crippen molar-refractivity contribution in [3.05, 3.63) is 130 Å². The van der Waals surface area contributed by atoms with Gasteiger partial charge in [-0.15, -0.1) is 0 Å². The molecule has 7 heteroatoms. The quantitative estimate of drug-likeness (QED) is 0.187. The molecule has 0 saturated carbocycles. The minimum Gasteiger partial charge on any atom is -0.489 e. The van der Waals surface area contributed by atoms with Crippen LogP contribution in [0.4, 0.5) is 4.39 Å². The van der Waals surface area contributed by atoms with Crippen LogP contribution in [0, 0.1) is 19.7 Å². The van der Waals surface area contributed by atoms with Gasteiger partial charge < -0.3 is 20.3 Å². The fourth-order valence-corrected chi connectivity index (χ4v) is 4.64. The Morgan fingerprint density at radius 1 is 0.805 bits per heavy atom. The molecule has 0 unspecified atom stereocenters. The Hall–Kier alpha value is -4.20. The Morgan fingerprint density at radius 3 is 2.00 bits per heavy atom. The van der Waals surface area contributed by atoms with Crippen molar-refractivity contribution in [3.8, 4) is 11.5 Å². The summed E-state index contributed by atoms with van der Waals surface area (Å²) in [7, 11) is 0. The third kappa shape index (κ3) is 9.17. The maximum Gasteiger partial charge on any atom is 0.320 e. The number of nitrogens with zero attached hydrogens (tertiary/aromatic N) is 1. The SMILES string of the molecule is Cc1cccc(COc2ccccc2CN(CC[C@H](N)C(=O)O)Cc2ccc(F)cc2OCc2cccc(C)c2)c1. The van der Waals surface area contributed by atoms with Crippen LogP contribution in [0.1, 0.15) is 39.8 Å². The van der Waals surface area contributed by atoms with Crippen LogP contribution in [-0.4, -0.2) is 28.6 Å². The number of halogens is 1. The van der Waals surface area contributed by atoms with E-state index in [-0.39, 0.29) is 12.2 Å². The number of carboxylic acids is 1. The first-order valence-electron chi connectivity index (χ1n) is 13.7. The Bertz CT molecular complexity index is 1460. The molecule has 1 atom stereocenters. The lowest BCUT2D eigenvalue weighted by molar-refractivity contribution is -0.138. The van der Waals surface area contributed by atoms with Crippen molar-refractivity contribution >= 4 is 5.97 Å². The second-order valence-corrected chi connectivity index (χ2v) is 10.4. The lowest BCUT2D eigenvalue weighted by Crippen LogP contribution is -2.35. The lowest BCUT2D eigenvalue weighted by atomic mass is 10.1. The molecular weight excluding hydrogens is 519 g/mol. The largest absolute Gasteiger partial charge is 0.489 e. The van der Waals surface area contributed by atoms with E-state index in [9.17, 15) is 14.3 Å². The van der Waals surface area contributed by atoms with Gasteiger partial charge in [0, 0.05) is 36.8 Å². The number of carboxylic acid groups (broad SMARTS) is 1. The van der Waals surface area contributed by atoms with Crippen LogP contribution in [0.5, 0.6) is 11.5 Å². The predicted molar refractivity (Wildman–Crippen MR) is 158 cm³/mol. The maximum absolute atomic E-state index is 14.3. The van der Waals surface area contributed by atoms with Crippen LogP contribution in [0.3, 0.4) is 0 Å². The second-order valence-electron chi connectivity index (χ2n) is 10.4. The van der Waals surface area contributed by atoms with Gasteiger partial charge in [0.05, 0.1) is 0 Å². The molecule has 0 aromatic heterocycles. The van der Waals surface area contributed by atoms with E-state index in [1.807, 2.05) is 80.6 Å². The molecule has 4 aromatic carbocycles. The molecule has 4 aromatic rings. The zero-order valence-corrected chi connectivity index (χ0v) is 23.6.